The molecule has 0 aromatic heterocycles. The van der Waals surface area contributed by atoms with Crippen LogP contribution >= 0.6 is 0 Å². The van der Waals surface area contributed by atoms with Gasteiger partial charge in [0.1, 0.15) is 5.75 Å². The highest BCUT2D eigenvalue weighted by Gasteiger charge is 2.22. The molecule has 0 fully saturated rings. The van der Waals surface area contributed by atoms with E-state index in [0.717, 1.165) is 0 Å². The molecule has 1 unspecified atom stereocenters. The van der Waals surface area contributed by atoms with E-state index >= 15 is 0 Å². The van der Waals surface area contributed by atoms with E-state index in [1.54, 1.807) is 66.1 Å². The number of anilines is 1. The first-order valence-corrected chi connectivity index (χ1v) is 10.2. The Balaban J connectivity index is 1.86. The molecule has 0 bridgehead atoms. The predicted molar refractivity (Wildman–Crippen MR) is 108 cm³/mol. The normalized spacial score (nSPS) is 12.1. The lowest BCUT2D eigenvalue weighted by atomic mass is 9.90. The van der Waals surface area contributed by atoms with E-state index in [4.69, 9.17) is 9.94 Å². The lowest BCUT2D eigenvalue weighted by Crippen LogP contribution is -2.27. The monoisotopic (exact) mass is 412 g/mol. The first-order chi connectivity index (χ1) is 13.9. The summed E-state index contributed by atoms with van der Waals surface area (Å²) < 4.78 is 32.8. The number of nitrogens with one attached hydrogen (secondary N) is 2. The molecule has 8 heteroatoms. The van der Waals surface area contributed by atoms with Crippen LogP contribution in [0.4, 0.5) is 5.69 Å². The number of rotatable bonds is 7. The van der Waals surface area contributed by atoms with Gasteiger partial charge in [-0.2, -0.15) is 0 Å². The quantitative estimate of drug-likeness (QED) is 0.408. The Morgan fingerprint density at radius 3 is 2.21 bits per heavy atom. The van der Waals surface area contributed by atoms with E-state index in [2.05, 4.69) is 4.72 Å². The summed E-state index contributed by atoms with van der Waals surface area (Å²) in [6.45, 7) is 0. The maximum Gasteiger partial charge on any atom is 0.262 e. The Hall–Kier alpha value is -3.36. The SMILES string of the molecule is COc1cccc(S(=O)(=O)Nc2ccc(C(C(=O)NO)c3ccccc3)cc2)c1. The second-order valence-corrected chi connectivity index (χ2v) is 7.91. The first kappa shape index (κ1) is 20.4. The van der Waals surface area contributed by atoms with Gasteiger partial charge in [0.2, 0.25) is 0 Å². The third kappa shape index (κ3) is 4.74. The number of hydroxylamine groups is 1. The summed E-state index contributed by atoms with van der Waals surface area (Å²) in [6, 6.07) is 21.5. The molecule has 29 heavy (non-hydrogen) atoms. The predicted octanol–water partition coefficient (Wildman–Crippen LogP) is 3.13. The largest absolute Gasteiger partial charge is 0.497 e. The minimum Gasteiger partial charge on any atom is -0.497 e. The number of benzene rings is 3. The maximum atomic E-state index is 12.6. The zero-order chi connectivity index (χ0) is 20.9. The standard InChI is InChI=1S/C21H20N2O5S/c1-28-18-8-5-9-19(14-18)29(26,27)23-17-12-10-16(11-13-17)20(21(24)22-25)15-6-3-2-4-7-15/h2-14,20,23,25H,1H3,(H,22,24). The highest BCUT2D eigenvalue weighted by Crippen LogP contribution is 2.27. The lowest BCUT2D eigenvalue weighted by molar-refractivity contribution is -0.129. The van der Waals surface area contributed by atoms with Crippen molar-refractivity contribution in [3.05, 3.63) is 90.0 Å². The van der Waals surface area contributed by atoms with Crippen molar-refractivity contribution in [2.45, 2.75) is 10.8 Å². The van der Waals surface area contributed by atoms with Gasteiger partial charge in [0, 0.05) is 11.8 Å². The average Bonchev–Trinajstić information content (AvgIpc) is 2.75. The number of carbonyl (C=O) groups excluding carboxylic acids is 1. The zero-order valence-electron chi connectivity index (χ0n) is 15.6. The van der Waals surface area contributed by atoms with E-state index in [1.165, 1.54) is 19.2 Å². The second kappa shape index (κ2) is 8.76. The van der Waals surface area contributed by atoms with Crippen LogP contribution < -0.4 is 14.9 Å². The van der Waals surface area contributed by atoms with Gasteiger partial charge < -0.3 is 4.74 Å². The first-order valence-electron chi connectivity index (χ1n) is 8.70. The Labute approximate surface area is 169 Å². The third-order valence-corrected chi connectivity index (χ3v) is 5.73. The van der Waals surface area contributed by atoms with E-state index in [-0.39, 0.29) is 4.90 Å². The Kier molecular flexibility index (Phi) is 6.16. The Morgan fingerprint density at radius 2 is 1.59 bits per heavy atom. The highest BCUT2D eigenvalue weighted by atomic mass is 32.2. The number of carbonyl (C=O) groups is 1. The van der Waals surface area contributed by atoms with Gasteiger partial charge >= 0.3 is 0 Å². The molecule has 3 rings (SSSR count). The zero-order valence-corrected chi connectivity index (χ0v) is 16.4. The molecule has 3 aromatic rings. The van der Waals surface area contributed by atoms with Crippen molar-refractivity contribution in [1.29, 1.82) is 0 Å². The topological polar surface area (TPSA) is 105 Å². The fraction of sp³-hybridized carbons (Fsp3) is 0.0952. The average molecular weight is 412 g/mol. The minimum atomic E-state index is -3.80. The smallest absolute Gasteiger partial charge is 0.262 e. The van der Waals surface area contributed by atoms with Crippen LogP contribution in [0.3, 0.4) is 0 Å². The summed E-state index contributed by atoms with van der Waals surface area (Å²) in [5.41, 5.74) is 3.33. The van der Waals surface area contributed by atoms with Crippen LogP contribution in [0.25, 0.3) is 0 Å². The van der Waals surface area contributed by atoms with Crippen LogP contribution in [0.2, 0.25) is 0 Å². The van der Waals surface area contributed by atoms with Crippen molar-refractivity contribution in [1.82, 2.24) is 5.48 Å². The number of hydrogen-bond donors (Lipinski definition) is 3. The van der Waals surface area contributed by atoms with E-state index in [1.807, 2.05) is 6.07 Å². The van der Waals surface area contributed by atoms with Gasteiger partial charge in [-0.1, -0.05) is 48.5 Å². The summed E-state index contributed by atoms with van der Waals surface area (Å²) in [5.74, 6) is -0.880. The van der Waals surface area contributed by atoms with Gasteiger partial charge in [-0.3, -0.25) is 14.7 Å². The van der Waals surface area contributed by atoms with Crippen molar-refractivity contribution in [3.63, 3.8) is 0 Å². The summed E-state index contributed by atoms with van der Waals surface area (Å²) >= 11 is 0. The van der Waals surface area contributed by atoms with E-state index < -0.39 is 21.8 Å². The molecule has 3 N–H and O–H groups in total. The number of hydrogen-bond acceptors (Lipinski definition) is 5. The number of ether oxygens (including phenoxy) is 1. The number of amides is 1. The van der Waals surface area contributed by atoms with Crippen LogP contribution in [0, 0.1) is 0 Å². The van der Waals surface area contributed by atoms with E-state index in [9.17, 15) is 13.2 Å². The van der Waals surface area contributed by atoms with Crippen molar-refractivity contribution >= 4 is 21.6 Å². The molecule has 1 amide bonds. The van der Waals surface area contributed by atoms with Gasteiger partial charge in [-0.15, -0.1) is 0 Å². The fourth-order valence-corrected chi connectivity index (χ4v) is 4.02. The third-order valence-electron chi connectivity index (χ3n) is 4.35. The molecule has 0 aliphatic heterocycles. The van der Waals surface area contributed by atoms with Gasteiger partial charge in [-0.25, -0.2) is 13.9 Å². The van der Waals surface area contributed by atoms with Crippen LogP contribution in [0.5, 0.6) is 5.75 Å². The van der Waals surface area contributed by atoms with Crippen molar-refractivity contribution in [3.8, 4) is 5.75 Å². The molecule has 0 aliphatic carbocycles. The van der Waals surface area contributed by atoms with Crippen LogP contribution in [0.15, 0.2) is 83.8 Å². The van der Waals surface area contributed by atoms with Gasteiger partial charge in [-0.05, 0) is 35.4 Å². The molecule has 1 atom stereocenters. The lowest BCUT2D eigenvalue weighted by Gasteiger charge is -2.16. The summed E-state index contributed by atoms with van der Waals surface area (Å²) in [4.78, 5) is 12.3. The molecule has 3 aromatic carbocycles. The van der Waals surface area contributed by atoms with Crippen LogP contribution in [0.1, 0.15) is 17.0 Å². The minimum absolute atomic E-state index is 0.0720. The van der Waals surface area contributed by atoms with Gasteiger partial charge in [0.25, 0.3) is 15.9 Å². The van der Waals surface area contributed by atoms with Gasteiger partial charge in [0.05, 0.1) is 17.9 Å². The molecule has 0 saturated carbocycles. The molecule has 0 radical (unpaired) electrons. The molecule has 150 valence electrons. The summed E-state index contributed by atoms with van der Waals surface area (Å²) in [5, 5.41) is 9.10. The maximum absolute atomic E-state index is 12.6. The fourth-order valence-electron chi connectivity index (χ4n) is 2.93. The van der Waals surface area contributed by atoms with Crippen molar-refractivity contribution in [2.24, 2.45) is 0 Å². The molecule has 0 saturated heterocycles. The molecule has 0 spiro atoms. The summed E-state index contributed by atoms with van der Waals surface area (Å²) in [7, 11) is -2.34. The molecule has 0 aliphatic rings. The second-order valence-electron chi connectivity index (χ2n) is 6.23. The van der Waals surface area contributed by atoms with Crippen molar-refractivity contribution < 1.29 is 23.2 Å². The van der Waals surface area contributed by atoms with Gasteiger partial charge in [0.15, 0.2) is 0 Å². The van der Waals surface area contributed by atoms with Crippen LogP contribution in [-0.2, 0) is 14.8 Å². The highest BCUT2D eigenvalue weighted by molar-refractivity contribution is 7.92. The summed E-state index contributed by atoms with van der Waals surface area (Å²) in [6.07, 6.45) is 0. The van der Waals surface area contributed by atoms with Crippen LogP contribution in [-0.4, -0.2) is 26.6 Å². The number of methoxy groups -OCH3 is 1. The molecule has 0 heterocycles. The van der Waals surface area contributed by atoms with E-state index in [0.29, 0.717) is 22.6 Å². The molecule has 7 nitrogen and oxygen atoms in total. The Bertz CT molecular complexity index is 1080. The van der Waals surface area contributed by atoms with Crippen molar-refractivity contribution in [2.75, 3.05) is 11.8 Å². The number of sulfonamides is 1. The Morgan fingerprint density at radius 1 is 0.931 bits per heavy atom. The molecular formula is C21H20N2O5S. The molecular weight excluding hydrogens is 392 g/mol.